The van der Waals surface area contributed by atoms with Crippen molar-refractivity contribution in [2.75, 3.05) is 19.7 Å². The lowest BCUT2D eigenvalue weighted by Crippen LogP contribution is -2.54. The molecular formula is C23H22FNO4. The zero-order valence-corrected chi connectivity index (χ0v) is 15.9. The molecule has 2 unspecified atom stereocenters. The van der Waals surface area contributed by atoms with Gasteiger partial charge in [-0.15, -0.1) is 0 Å². The zero-order valence-electron chi connectivity index (χ0n) is 15.9. The van der Waals surface area contributed by atoms with Crippen LogP contribution in [0.1, 0.15) is 36.3 Å². The van der Waals surface area contributed by atoms with E-state index in [-0.39, 0.29) is 44.9 Å². The van der Waals surface area contributed by atoms with E-state index in [0.29, 0.717) is 0 Å². The van der Waals surface area contributed by atoms with E-state index in [2.05, 4.69) is 12.1 Å². The van der Waals surface area contributed by atoms with Gasteiger partial charge >= 0.3 is 12.1 Å². The number of piperidine rings is 1. The van der Waals surface area contributed by atoms with Crippen LogP contribution >= 0.6 is 0 Å². The molecule has 2 aromatic rings. The molecule has 1 N–H and O–H groups in total. The number of fused-ring (bicyclic) bond motifs is 5. The highest BCUT2D eigenvalue weighted by atomic mass is 19.1. The molecule has 150 valence electrons. The molecule has 6 heteroatoms. The highest BCUT2D eigenvalue weighted by Crippen LogP contribution is 2.51. The number of likely N-dealkylation sites (tertiary alicyclic amines) is 1. The topological polar surface area (TPSA) is 66.8 Å². The number of amides is 1. The van der Waals surface area contributed by atoms with Crippen molar-refractivity contribution >= 4 is 12.1 Å². The molecule has 1 amide bonds. The van der Waals surface area contributed by atoms with Crippen LogP contribution in [0.25, 0.3) is 11.1 Å². The molecule has 0 spiro atoms. The largest absolute Gasteiger partial charge is 0.481 e. The SMILES string of the molecule is O=C(OCC1c2ccccc2-c2ccccc21)N1CC2(F)CCC(C(=O)O)(C1)C2. The van der Waals surface area contributed by atoms with Crippen LogP contribution in [-0.4, -0.2) is 47.4 Å². The number of carbonyl (C=O) groups is 2. The molecule has 1 saturated carbocycles. The van der Waals surface area contributed by atoms with E-state index in [1.54, 1.807) is 0 Å². The molecule has 1 saturated heterocycles. The van der Waals surface area contributed by atoms with Crippen molar-refractivity contribution < 1.29 is 23.8 Å². The third-order valence-corrected chi connectivity index (χ3v) is 6.72. The number of benzene rings is 2. The number of ether oxygens (including phenoxy) is 1. The van der Waals surface area contributed by atoms with Gasteiger partial charge in [0.15, 0.2) is 0 Å². The third kappa shape index (κ3) is 2.81. The minimum atomic E-state index is -1.64. The molecular weight excluding hydrogens is 373 g/mol. The maximum absolute atomic E-state index is 15.0. The second-order valence-corrected chi connectivity index (χ2v) is 8.57. The molecule has 29 heavy (non-hydrogen) atoms. The van der Waals surface area contributed by atoms with Crippen LogP contribution in [0.2, 0.25) is 0 Å². The van der Waals surface area contributed by atoms with E-state index in [0.717, 1.165) is 22.3 Å². The maximum atomic E-state index is 15.0. The summed E-state index contributed by atoms with van der Waals surface area (Å²) >= 11 is 0. The normalized spacial score (nSPS) is 27.4. The van der Waals surface area contributed by atoms with Crippen LogP contribution in [0.15, 0.2) is 48.5 Å². The van der Waals surface area contributed by atoms with Gasteiger partial charge in [0.2, 0.25) is 0 Å². The van der Waals surface area contributed by atoms with Crippen LogP contribution < -0.4 is 0 Å². The van der Waals surface area contributed by atoms with Crippen molar-refractivity contribution in [3.05, 3.63) is 59.7 Å². The Morgan fingerprint density at radius 2 is 1.66 bits per heavy atom. The molecule has 0 aromatic heterocycles. The Labute approximate surface area is 168 Å². The first-order chi connectivity index (χ1) is 13.9. The number of hydrogen-bond acceptors (Lipinski definition) is 3. The second-order valence-electron chi connectivity index (χ2n) is 8.57. The van der Waals surface area contributed by atoms with Crippen molar-refractivity contribution in [3.63, 3.8) is 0 Å². The molecule has 2 bridgehead atoms. The van der Waals surface area contributed by atoms with Crippen molar-refractivity contribution in [1.29, 1.82) is 0 Å². The van der Waals surface area contributed by atoms with Crippen LogP contribution in [0.3, 0.4) is 0 Å². The predicted molar refractivity (Wildman–Crippen MR) is 104 cm³/mol. The van der Waals surface area contributed by atoms with Gasteiger partial charge in [-0.25, -0.2) is 9.18 Å². The Hall–Kier alpha value is -2.89. The van der Waals surface area contributed by atoms with Gasteiger partial charge < -0.3 is 14.7 Å². The standard InChI is InChI=1S/C23H22FNO4/c24-23-10-9-22(12-23,20(26)27)13-25(14-23)21(28)29-11-19-17-7-3-1-5-15(17)16-6-2-4-8-18(16)19/h1-8,19H,9-14H2,(H,26,27). The van der Waals surface area contributed by atoms with E-state index < -0.39 is 23.1 Å². The van der Waals surface area contributed by atoms with Crippen molar-refractivity contribution in [2.24, 2.45) is 5.41 Å². The summed E-state index contributed by atoms with van der Waals surface area (Å²) < 4.78 is 20.6. The van der Waals surface area contributed by atoms with Crippen molar-refractivity contribution in [2.45, 2.75) is 30.8 Å². The fourth-order valence-corrected chi connectivity index (χ4v) is 5.34. The minimum absolute atomic E-state index is 0.00464. The Morgan fingerprint density at radius 3 is 2.28 bits per heavy atom. The summed E-state index contributed by atoms with van der Waals surface area (Å²) in [6, 6.07) is 16.1. The quantitative estimate of drug-likeness (QED) is 0.845. The molecule has 1 aliphatic heterocycles. The summed E-state index contributed by atoms with van der Waals surface area (Å²) in [4.78, 5) is 25.7. The van der Waals surface area contributed by atoms with Crippen molar-refractivity contribution in [3.8, 4) is 11.1 Å². The lowest BCUT2D eigenvalue weighted by Gasteiger charge is -2.39. The lowest BCUT2D eigenvalue weighted by atomic mass is 9.81. The molecule has 5 nitrogen and oxygen atoms in total. The Balaban J connectivity index is 1.35. The molecule has 5 rings (SSSR count). The van der Waals surface area contributed by atoms with E-state index >= 15 is 0 Å². The number of alkyl halides is 1. The second kappa shape index (κ2) is 6.31. The number of hydrogen-bond donors (Lipinski definition) is 1. The molecule has 2 aromatic carbocycles. The number of carboxylic acid groups (broad SMARTS) is 1. The number of nitrogens with zero attached hydrogens (tertiary/aromatic N) is 1. The highest BCUT2D eigenvalue weighted by molar-refractivity contribution is 5.80. The monoisotopic (exact) mass is 395 g/mol. The van der Waals surface area contributed by atoms with Crippen molar-refractivity contribution in [1.82, 2.24) is 4.90 Å². The van der Waals surface area contributed by atoms with Gasteiger partial charge in [0, 0.05) is 18.9 Å². The van der Waals surface area contributed by atoms with E-state index in [1.807, 2.05) is 36.4 Å². The van der Waals surface area contributed by atoms with Gasteiger partial charge in [-0.1, -0.05) is 48.5 Å². The van der Waals surface area contributed by atoms with Crippen LogP contribution in [0, 0.1) is 5.41 Å². The molecule has 1 heterocycles. The Kier molecular flexibility index (Phi) is 3.95. The fourth-order valence-electron chi connectivity index (χ4n) is 5.34. The molecule has 3 aliphatic rings. The van der Waals surface area contributed by atoms with Crippen LogP contribution in [0.5, 0.6) is 0 Å². The van der Waals surface area contributed by atoms with E-state index in [1.165, 1.54) is 4.90 Å². The molecule has 2 atom stereocenters. The van der Waals surface area contributed by atoms with Crippen LogP contribution in [-0.2, 0) is 9.53 Å². The van der Waals surface area contributed by atoms with Gasteiger partial charge in [-0.3, -0.25) is 4.79 Å². The van der Waals surface area contributed by atoms with Gasteiger partial charge in [-0.2, -0.15) is 0 Å². The third-order valence-electron chi connectivity index (χ3n) is 6.72. The van der Waals surface area contributed by atoms with Crippen LogP contribution in [0.4, 0.5) is 9.18 Å². The summed E-state index contributed by atoms with van der Waals surface area (Å²) in [5.74, 6) is -1.12. The first-order valence-corrected chi connectivity index (χ1v) is 9.93. The first kappa shape index (κ1) is 18.2. The minimum Gasteiger partial charge on any atom is -0.481 e. The maximum Gasteiger partial charge on any atom is 0.409 e. The predicted octanol–water partition coefficient (Wildman–Crippen LogP) is 4.21. The first-order valence-electron chi connectivity index (χ1n) is 9.93. The molecule has 2 aliphatic carbocycles. The van der Waals surface area contributed by atoms with Gasteiger partial charge in [-0.05, 0) is 35.1 Å². The fraction of sp³-hybridized carbons (Fsp3) is 0.391. The van der Waals surface area contributed by atoms with E-state index in [4.69, 9.17) is 4.74 Å². The molecule has 0 radical (unpaired) electrons. The number of carboxylic acids is 1. The summed E-state index contributed by atoms with van der Waals surface area (Å²) in [5, 5.41) is 9.60. The number of carbonyl (C=O) groups excluding carboxylic acids is 1. The average Bonchev–Trinajstić information content (AvgIpc) is 3.17. The summed E-state index contributed by atoms with van der Waals surface area (Å²) in [5.41, 5.74) is 1.63. The van der Waals surface area contributed by atoms with E-state index in [9.17, 15) is 19.1 Å². The summed E-state index contributed by atoms with van der Waals surface area (Å²) in [6.07, 6.45) is -0.234. The number of rotatable bonds is 3. The van der Waals surface area contributed by atoms with Gasteiger partial charge in [0.25, 0.3) is 0 Å². The highest BCUT2D eigenvalue weighted by Gasteiger charge is 2.59. The zero-order chi connectivity index (χ0) is 20.2. The summed E-state index contributed by atoms with van der Waals surface area (Å²) in [7, 11) is 0. The molecule has 2 fully saturated rings. The number of halogens is 1. The Bertz CT molecular complexity index is 962. The Morgan fingerprint density at radius 1 is 1.03 bits per heavy atom. The lowest BCUT2D eigenvalue weighted by molar-refractivity contribution is -0.152. The summed E-state index contributed by atoms with van der Waals surface area (Å²) in [6.45, 7) is 0.0477. The smallest absolute Gasteiger partial charge is 0.409 e. The van der Waals surface area contributed by atoms with Gasteiger partial charge in [0.05, 0.1) is 12.0 Å². The average molecular weight is 395 g/mol. The van der Waals surface area contributed by atoms with Gasteiger partial charge in [0.1, 0.15) is 12.3 Å². The number of aliphatic carboxylic acids is 1.